The summed E-state index contributed by atoms with van der Waals surface area (Å²) in [5.74, 6) is -0.201. The number of hydrogen-bond donors (Lipinski definition) is 0. The standard InChI is InChI=1S/C31H30O6/c1-19(2)28(32)35-24-13-8-21(9-14-24)23-12-17-26(27(18-23)37-29(33)20(3)4)22-10-15-25(16-11-22)36-30(34)31(5,6)7/h8-18H,1,3H2,2,4-7H3. The highest BCUT2D eigenvalue weighted by Crippen LogP contribution is 2.36. The van der Waals surface area contributed by atoms with E-state index in [0.717, 1.165) is 16.7 Å². The highest BCUT2D eigenvalue weighted by molar-refractivity contribution is 5.91. The predicted molar refractivity (Wildman–Crippen MR) is 143 cm³/mol. The molecule has 0 atom stereocenters. The quantitative estimate of drug-likeness (QED) is 0.200. The molecule has 0 aromatic heterocycles. The van der Waals surface area contributed by atoms with Gasteiger partial charge in [-0.3, -0.25) is 4.79 Å². The highest BCUT2D eigenvalue weighted by atomic mass is 16.5. The Hall–Kier alpha value is -4.45. The molecule has 0 spiro atoms. The Labute approximate surface area is 217 Å². The van der Waals surface area contributed by atoms with Crippen molar-refractivity contribution in [2.24, 2.45) is 5.41 Å². The van der Waals surface area contributed by atoms with Crippen molar-refractivity contribution in [3.05, 3.63) is 91.0 Å². The fourth-order valence-electron chi connectivity index (χ4n) is 3.08. The van der Waals surface area contributed by atoms with Gasteiger partial charge in [0.15, 0.2) is 0 Å². The van der Waals surface area contributed by atoms with E-state index in [-0.39, 0.29) is 11.5 Å². The van der Waals surface area contributed by atoms with Gasteiger partial charge in [0.25, 0.3) is 0 Å². The summed E-state index contributed by atoms with van der Waals surface area (Å²) in [5, 5.41) is 0. The van der Waals surface area contributed by atoms with Crippen LogP contribution in [0.4, 0.5) is 0 Å². The van der Waals surface area contributed by atoms with Crippen molar-refractivity contribution in [3.8, 4) is 39.5 Å². The van der Waals surface area contributed by atoms with Gasteiger partial charge in [-0.05, 0) is 81.6 Å². The summed E-state index contributed by atoms with van der Waals surface area (Å²) in [6.07, 6.45) is 0. The molecular weight excluding hydrogens is 468 g/mol. The van der Waals surface area contributed by atoms with Crippen molar-refractivity contribution in [1.82, 2.24) is 0 Å². The summed E-state index contributed by atoms with van der Waals surface area (Å²) in [4.78, 5) is 36.3. The van der Waals surface area contributed by atoms with Crippen molar-refractivity contribution in [2.75, 3.05) is 0 Å². The topological polar surface area (TPSA) is 78.9 Å². The van der Waals surface area contributed by atoms with E-state index in [1.165, 1.54) is 0 Å². The number of rotatable bonds is 7. The van der Waals surface area contributed by atoms with Crippen molar-refractivity contribution >= 4 is 17.9 Å². The minimum absolute atomic E-state index is 0.268. The van der Waals surface area contributed by atoms with E-state index in [2.05, 4.69) is 13.2 Å². The molecule has 3 aromatic rings. The average molecular weight is 499 g/mol. The van der Waals surface area contributed by atoms with Crippen LogP contribution >= 0.6 is 0 Å². The van der Waals surface area contributed by atoms with Gasteiger partial charge in [0, 0.05) is 16.7 Å². The molecule has 37 heavy (non-hydrogen) atoms. The zero-order chi connectivity index (χ0) is 27.3. The first-order valence-corrected chi connectivity index (χ1v) is 11.7. The summed E-state index contributed by atoms with van der Waals surface area (Å²) in [6.45, 7) is 15.8. The fraction of sp³-hybridized carbons (Fsp3) is 0.194. The molecule has 0 unspecified atom stereocenters. The van der Waals surface area contributed by atoms with Crippen LogP contribution in [0.15, 0.2) is 91.0 Å². The van der Waals surface area contributed by atoms with Crippen molar-refractivity contribution < 1.29 is 28.6 Å². The van der Waals surface area contributed by atoms with Gasteiger partial charge < -0.3 is 14.2 Å². The zero-order valence-electron chi connectivity index (χ0n) is 21.7. The largest absolute Gasteiger partial charge is 0.426 e. The number of carbonyl (C=O) groups excluding carboxylic acids is 3. The Morgan fingerprint density at radius 1 is 0.622 bits per heavy atom. The maximum absolute atomic E-state index is 12.4. The molecule has 6 heteroatoms. The van der Waals surface area contributed by atoms with Gasteiger partial charge in [-0.1, -0.05) is 49.6 Å². The van der Waals surface area contributed by atoms with E-state index < -0.39 is 17.4 Å². The molecule has 3 aromatic carbocycles. The van der Waals surface area contributed by atoms with Crippen LogP contribution in [0.3, 0.4) is 0 Å². The highest BCUT2D eigenvalue weighted by Gasteiger charge is 2.23. The lowest BCUT2D eigenvalue weighted by atomic mass is 9.97. The molecule has 0 radical (unpaired) electrons. The first-order chi connectivity index (χ1) is 17.3. The molecule has 0 heterocycles. The molecule has 0 bridgehead atoms. The van der Waals surface area contributed by atoms with Crippen LogP contribution in [0.1, 0.15) is 34.6 Å². The summed E-state index contributed by atoms with van der Waals surface area (Å²) in [7, 11) is 0. The monoisotopic (exact) mass is 498 g/mol. The number of hydrogen-bond acceptors (Lipinski definition) is 6. The van der Waals surface area contributed by atoms with Gasteiger partial charge in [-0.15, -0.1) is 0 Å². The first kappa shape index (κ1) is 27.1. The van der Waals surface area contributed by atoms with Gasteiger partial charge in [-0.2, -0.15) is 0 Å². The lowest BCUT2D eigenvalue weighted by molar-refractivity contribution is -0.143. The lowest BCUT2D eigenvalue weighted by Crippen LogP contribution is -2.25. The Morgan fingerprint density at radius 2 is 1.08 bits per heavy atom. The van der Waals surface area contributed by atoms with E-state index >= 15 is 0 Å². The minimum Gasteiger partial charge on any atom is -0.426 e. The molecule has 190 valence electrons. The van der Waals surface area contributed by atoms with Crippen molar-refractivity contribution in [2.45, 2.75) is 34.6 Å². The minimum atomic E-state index is -0.622. The summed E-state index contributed by atoms with van der Waals surface area (Å²) in [6, 6.07) is 19.5. The second-order valence-electron chi connectivity index (χ2n) is 9.74. The van der Waals surface area contributed by atoms with E-state index in [1.807, 2.05) is 12.1 Å². The number of carbonyl (C=O) groups is 3. The van der Waals surface area contributed by atoms with E-state index in [1.54, 1.807) is 89.2 Å². The molecule has 0 amide bonds. The van der Waals surface area contributed by atoms with Gasteiger partial charge in [-0.25, -0.2) is 9.59 Å². The molecule has 3 rings (SSSR count). The van der Waals surface area contributed by atoms with Crippen LogP contribution in [0, 0.1) is 5.41 Å². The van der Waals surface area contributed by atoms with Gasteiger partial charge >= 0.3 is 17.9 Å². The third-order valence-electron chi connectivity index (χ3n) is 5.27. The maximum atomic E-state index is 12.4. The predicted octanol–water partition coefficient (Wildman–Crippen LogP) is 6.94. The smallest absolute Gasteiger partial charge is 0.338 e. The van der Waals surface area contributed by atoms with Crippen LogP contribution in [0.5, 0.6) is 17.2 Å². The average Bonchev–Trinajstić information content (AvgIpc) is 2.84. The molecule has 0 N–H and O–H groups in total. The second-order valence-corrected chi connectivity index (χ2v) is 9.74. The molecular formula is C31H30O6. The number of benzene rings is 3. The zero-order valence-corrected chi connectivity index (χ0v) is 21.7. The Kier molecular flexibility index (Phi) is 8.13. The van der Waals surface area contributed by atoms with Crippen molar-refractivity contribution in [1.29, 1.82) is 0 Å². The second kappa shape index (κ2) is 11.1. The van der Waals surface area contributed by atoms with Crippen LogP contribution in [-0.4, -0.2) is 17.9 Å². The van der Waals surface area contributed by atoms with Crippen molar-refractivity contribution in [3.63, 3.8) is 0 Å². The molecule has 0 saturated heterocycles. The van der Waals surface area contributed by atoms with E-state index in [4.69, 9.17) is 14.2 Å². The number of ether oxygens (including phenoxy) is 3. The van der Waals surface area contributed by atoms with Gasteiger partial charge in [0.2, 0.25) is 0 Å². The van der Waals surface area contributed by atoms with Crippen LogP contribution in [0.2, 0.25) is 0 Å². The summed E-state index contributed by atoms with van der Waals surface area (Å²) >= 11 is 0. The van der Waals surface area contributed by atoms with Gasteiger partial charge in [0.1, 0.15) is 17.2 Å². The van der Waals surface area contributed by atoms with Crippen LogP contribution in [0.25, 0.3) is 22.3 Å². The summed E-state index contributed by atoms with van der Waals surface area (Å²) < 4.78 is 16.4. The molecule has 0 aliphatic carbocycles. The maximum Gasteiger partial charge on any atom is 0.338 e. The first-order valence-electron chi connectivity index (χ1n) is 11.7. The van der Waals surface area contributed by atoms with Crippen LogP contribution in [-0.2, 0) is 14.4 Å². The molecule has 0 saturated carbocycles. The number of esters is 3. The Balaban J connectivity index is 1.93. The third kappa shape index (κ3) is 7.04. The van der Waals surface area contributed by atoms with Crippen LogP contribution < -0.4 is 14.2 Å². The molecule has 0 aliphatic heterocycles. The summed E-state index contributed by atoms with van der Waals surface area (Å²) in [5.41, 5.74) is 3.03. The Morgan fingerprint density at radius 3 is 1.59 bits per heavy atom. The normalized spacial score (nSPS) is 10.8. The Bertz CT molecular complexity index is 1360. The lowest BCUT2D eigenvalue weighted by Gasteiger charge is -2.17. The van der Waals surface area contributed by atoms with E-state index in [9.17, 15) is 14.4 Å². The SMILES string of the molecule is C=C(C)C(=O)Oc1ccc(-c2ccc(-c3ccc(OC(=O)C(C)(C)C)cc3)c(OC(=O)C(=C)C)c2)cc1. The molecule has 6 nitrogen and oxygen atoms in total. The van der Waals surface area contributed by atoms with E-state index in [0.29, 0.717) is 28.4 Å². The van der Waals surface area contributed by atoms with Gasteiger partial charge in [0.05, 0.1) is 5.41 Å². The fourth-order valence-corrected chi connectivity index (χ4v) is 3.08. The molecule has 0 aliphatic rings. The molecule has 0 fully saturated rings. The third-order valence-corrected chi connectivity index (χ3v) is 5.27.